The van der Waals surface area contributed by atoms with Gasteiger partial charge in [-0.05, 0) is 6.07 Å². The Morgan fingerprint density at radius 1 is 1.50 bits per heavy atom. The SMILES string of the molecule is O=[N+]([O-])c1cc(Cl)ccc1-[n+]1noc([O-])n1. The molecular formula is C7H3ClN4O4. The molecule has 8 nitrogen and oxygen atoms in total. The van der Waals surface area contributed by atoms with E-state index in [1.54, 1.807) is 0 Å². The van der Waals surface area contributed by atoms with Gasteiger partial charge in [0.2, 0.25) is 6.08 Å². The number of nitro groups is 1. The molecule has 0 aliphatic carbocycles. The first-order valence-electron chi connectivity index (χ1n) is 3.95. The summed E-state index contributed by atoms with van der Waals surface area (Å²) in [7, 11) is 0. The molecule has 9 heteroatoms. The van der Waals surface area contributed by atoms with Gasteiger partial charge in [-0.3, -0.25) is 10.1 Å². The van der Waals surface area contributed by atoms with Crippen LogP contribution in [0.15, 0.2) is 22.7 Å². The van der Waals surface area contributed by atoms with Gasteiger partial charge in [0.15, 0.2) is 0 Å². The number of hydrogen-bond donors (Lipinski definition) is 0. The topological polar surface area (TPSA) is 109 Å². The van der Waals surface area contributed by atoms with Crippen LogP contribution in [0.4, 0.5) is 5.69 Å². The summed E-state index contributed by atoms with van der Waals surface area (Å²) in [6.45, 7) is 0. The molecule has 0 amide bonds. The lowest BCUT2D eigenvalue weighted by Crippen LogP contribution is -2.36. The van der Waals surface area contributed by atoms with E-state index < -0.39 is 11.0 Å². The van der Waals surface area contributed by atoms with Crippen LogP contribution < -0.4 is 9.90 Å². The van der Waals surface area contributed by atoms with Crippen LogP contribution >= 0.6 is 11.6 Å². The molecule has 0 N–H and O–H groups in total. The van der Waals surface area contributed by atoms with Crippen molar-refractivity contribution >= 4 is 17.3 Å². The fourth-order valence-electron chi connectivity index (χ4n) is 1.10. The van der Waals surface area contributed by atoms with Gasteiger partial charge < -0.3 is 9.63 Å². The largest absolute Gasteiger partial charge is 0.523 e. The Hall–Kier alpha value is -2.22. The van der Waals surface area contributed by atoms with Crippen LogP contribution in [0.5, 0.6) is 6.08 Å². The van der Waals surface area contributed by atoms with E-state index in [2.05, 4.69) is 14.9 Å². The predicted molar refractivity (Wildman–Crippen MR) is 46.9 cm³/mol. The summed E-state index contributed by atoms with van der Waals surface area (Å²) in [6.07, 6.45) is -0.941. The van der Waals surface area contributed by atoms with E-state index in [0.717, 1.165) is 10.9 Å². The number of nitrogens with zero attached hydrogens (tertiary/aromatic N) is 4. The van der Waals surface area contributed by atoms with Crippen LogP contribution in [-0.2, 0) is 0 Å². The van der Waals surface area contributed by atoms with Gasteiger partial charge in [0.25, 0.3) is 0 Å². The number of aromatic nitrogens is 3. The molecule has 1 aromatic heterocycles. The highest BCUT2D eigenvalue weighted by Crippen LogP contribution is 2.22. The van der Waals surface area contributed by atoms with Gasteiger partial charge in [-0.25, -0.2) is 0 Å². The second-order valence-corrected chi connectivity index (χ2v) is 3.15. The van der Waals surface area contributed by atoms with Crippen LogP contribution in [-0.4, -0.2) is 15.3 Å². The van der Waals surface area contributed by atoms with Gasteiger partial charge >= 0.3 is 11.4 Å². The maximum absolute atomic E-state index is 10.7. The van der Waals surface area contributed by atoms with Gasteiger partial charge in [-0.1, -0.05) is 11.6 Å². The van der Waals surface area contributed by atoms with Gasteiger partial charge in [0.05, 0.1) is 14.8 Å². The lowest BCUT2D eigenvalue weighted by Gasteiger charge is -1.92. The smallest absolute Gasteiger partial charge is 0.347 e. The van der Waals surface area contributed by atoms with E-state index in [1.807, 2.05) is 0 Å². The van der Waals surface area contributed by atoms with Crippen molar-refractivity contribution in [3.63, 3.8) is 0 Å². The van der Waals surface area contributed by atoms with Crippen LogP contribution in [0, 0.1) is 10.1 Å². The highest BCUT2D eigenvalue weighted by molar-refractivity contribution is 6.30. The van der Waals surface area contributed by atoms with Gasteiger partial charge in [-0.15, -0.1) is 0 Å². The first-order valence-corrected chi connectivity index (χ1v) is 4.33. The van der Waals surface area contributed by atoms with Crippen LogP contribution in [0.2, 0.25) is 5.02 Å². The first kappa shape index (κ1) is 10.3. The highest BCUT2D eigenvalue weighted by atomic mass is 35.5. The summed E-state index contributed by atoms with van der Waals surface area (Å²) in [5.74, 6) is 0. The Labute approximate surface area is 92.8 Å². The average molecular weight is 243 g/mol. The molecule has 0 saturated heterocycles. The monoisotopic (exact) mass is 242 g/mol. The molecule has 0 saturated carbocycles. The maximum atomic E-state index is 10.7. The van der Waals surface area contributed by atoms with Crippen LogP contribution in [0.25, 0.3) is 5.69 Å². The predicted octanol–water partition coefficient (Wildman–Crippen LogP) is -0.0185. The molecule has 0 atom stereocenters. The zero-order valence-electron chi connectivity index (χ0n) is 7.53. The van der Waals surface area contributed by atoms with Gasteiger partial charge in [0.1, 0.15) is 5.27 Å². The Morgan fingerprint density at radius 3 is 2.81 bits per heavy atom. The zero-order valence-corrected chi connectivity index (χ0v) is 8.29. The van der Waals surface area contributed by atoms with E-state index >= 15 is 0 Å². The summed E-state index contributed by atoms with van der Waals surface area (Å²) < 4.78 is 4.17. The van der Waals surface area contributed by atoms with Crippen molar-refractivity contribution in [2.45, 2.75) is 0 Å². The van der Waals surface area contributed by atoms with Crippen molar-refractivity contribution in [1.82, 2.24) is 10.4 Å². The standard InChI is InChI=1S/C7H3ClN4O4/c8-4-1-2-5(6(3-4)12(14)15)11-9-7(13)16-10-11/h1-3H. The molecule has 0 fully saturated rings. The molecule has 0 unspecified atom stereocenters. The molecule has 1 heterocycles. The van der Waals surface area contributed by atoms with Crippen LogP contribution in [0.3, 0.4) is 0 Å². The second kappa shape index (κ2) is 3.74. The minimum absolute atomic E-state index is 0.000231. The second-order valence-electron chi connectivity index (χ2n) is 2.72. The van der Waals surface area contributed by atoms with Gasteiger partial charge in [0, 0.05) is 17.2 Å². The fourth-order valence-corrected chi connectivity index (χ4v) is 1.26. The minimum Gasteiger partial charge on any atom is -0.523 e. The lowest BCUT2D eigenvalue weighted by atomic mass is 10.3. The van der Waals surface area contributed by atoms with Crippen molar-refractivity contribution in [2.24, 2.45) is 0 Å². The van der Waals surface area contributed by atoms with Crippen LogP contribution in [0.1, 0.15) is 0 Å². The number of nitro benzene ring substituents is 1. The van der Waals surface area contributed by atoms with Gasteiger partial charge in [-0.2, -0.15) is 0 Å². The molecule has 0 aliphatic heterocycles. The average Bonchev–Trinajstić information content (AvgIpc) is 2.64. The first-order chi connectivity index (χ1) is 7.58. The normalized spacial score (nSPS) is 10.3. The molecular weight excluding hydrogens is 240 g/mol. The zero-order chi connectivity index (χ0) is 11.7. The lowest BCUT2D eigenvalue weighted by molar-refractivity contribution is -0.728. The number of rotatable bonds is 2. The van der Waals surface area contributed by atoms with Crippen molar-refractivity contribution in [2.75, 3.05) is 0 Å². The highest BCUT2D eigenvalue weighted by Gasteiger charge is 2.26. The van der Waals surface area contributed by atoms with Crippen molar-refractivity contribution in [3.8, 4) is 11.8 Å². The molecule has 0 bridgehead atoms. The molecule has 0 radical (unpaired) electrons. The third-order valence-corrected chi connectivity index (χ3v) is 1.96. The quantitative estimate of drug-likeness (QED) is 0.416. The Kier molecular flexibility index (Phi) is 2.41. The summed E-state index contributed by atoms with van der Waals surface area (Å²) in [5, 5.41) is 28.1. The summed E-state index contributed by atoms with van der Waals surface area (Å²) in [5.41, 5.74) is -0.321. The van der Waals surface area contributed by atoms with E-state index in [9.17, 15) is 15.2 Å². The summed E-state index contributed by atoms with van der Waals surface area (Å²) >= 11 is 5.61. The molecule has 1 aromatic carbocycles. The van der Waals surface area contributed by atoms with Crippen molar-refractivity contribution in [3.05, 3.63) is 33.3 Å². The molecule has 2 aromatic rings. The van der Waals surface area contributed by atoms with E-state index in [-0.39, 0.29) is 16.4 Å². The van der Waals surface area contributed by atoms with E-state index in [1.165, 1.54) is 12.1 Å². The molecule has 0 aliphatic rings. The molecule has 82 valence electrons. The summed E-state index contributed by atoms with van der Waals surface area (Å²) in [6, 6.07) is 3.86. The molecule has 16 heavy (non-hydrogen) atoms. The summed E-state index contributed by atoms with van der Waals surface area (Å²) in [4.78, 5) is 10.8. The number of hydrogen-bond acceptors (Lipinski definition) is 6. The number of halogens is 1. The number of benzene rings is 1. The Morgan fingerprint density at radius 2 is 2.25 bits per heavy atom. The third kappa shape index (κ3) is 1.77. The minimum atomic E-state index is -0.941. The Bertz CT molecular complexity index is 555. The van der Waals surface area contributed by atoms with Crippen molar-refractivity contribution in [1.29, 1.82) is 0 Å². The van der Waals surface area contributed by atoms with E-state index in [4.69, 9.17) is 11.6 Å². The Balaban J connectivity index is 2.60. The molecule has 0 spiro atoms. The maximum Gasteiger partial charge on any atom is 0.347 e. The fraction of sp³-hybridized carbons (Fsp3) is 0. The molecule has 2 rings (SSSR count). The van der Waals surface area contributed by atoms with Crippen molar-refractivity contribution < 1.29 is 19.3 Å². The van der Waals surface area contributed by atoms with E-state index in [0.29, 0.717) is 0 Å². The third-order valence-electron chi connectivity index (χ3n) is 1.72.